The van der Waals surface area contributed by atoms with Crippen molar-refractivity contribution in [3.63, 3.8) is 0 Å². The number of rotatable bonds is 5. The van der Waals surface area contributed by atoms with E-state index in [4.69, 9.17) is 4.42 Å². The molecule has 1 N–H and O–H groups in total. The average Bonchev–Trinajstić information content (AvgIpc) is 3.10. The number of carbonyl (C=O) groups is 2. The molecule has 1 aliphatic heterocycles. The van der Waals surface area contributed by atoms with Crippen LogP contribution in [-0.4, -0.2) is 54.3 Å². The maximum absolute atomic E-state index is 12.9. The molecule has 6 nitrogen and oxygen atoms in total. The fourth-order valence-corrected chi connectivity index (χ4v) is 3.69. The molecule has 1 fully saturated rings. The van der Waals surface area contributed by atoms with E-state index >= 15 is 0 Å². The van der Waals surface area contributed by atoms with Crippen LogP contribution in [0, 0.1) is 6.92 Å². The van der Waals surface area contributed by atoms with Crippen LogP contribution in [0.1, 0.15) is 21.7 Å². The molecule has 0 saturated carbocycles. The molecule has 0 unspecified atom stereocenters. The van der Waals surface area contributed by atoms with Crippen LogP contribution in [0.25, 0.3) is 11.0 Å². The van der Waals surface area contributed by atoms with Crippen molar-refractivity contribution in [3.05, 3.63) is 71.5 Å². The molecule has 150 valence electrons. The lowest BCUT2D eigenvalue weighted by Crippen LogP contribution is -2.51. The summed E-state index contributed by atoms with van der Waals surface area (Å²) in [5.41, 5.74) is 2.70. The number of nitrogens with one attached hydrogen (secondary N) is 1. The SMILES string of the molecule is Cc1c(C(=O)N2CCN(CC(=O)NCc3ccccc3)CC2)oc2ccccc12. The highest BCUT2D eigenvalue weighted by molar-refractivity contribution is 5.99. The smallest absolute Gasteiger partial charge is 0.289 e. The van der Waals surface area contributed by atoms with Gasteiger partial charge in [-0.1, -0.05) is 48.5 Å². The molecular weight excluding hydrogens is 366 g/mol. The van der Waals surface area contributed by atoms with Gasteiger partial charge in [-0.05, 0) is 18.6 Å². The second kappa shape index (κ2) is 8.49. The van der Waals surface area contributed by atoms with Gasteiger partial charge in [0.1, 0.15) is 5.58 Å². The summed E-state index contributed by atoms with van der Waals surface area (Å²) in [6.45, 7) is 5.31. The monoisotopic (exact) mass is 391 g/mol. The maximum atomic E-state index is 12.9. The van der Waals surface area contributed by atoms with Crippen LogP contribution in [0.4, 0.5) is 0 Å². The van der Waals surface area contributed by atoms with E-state index in [2.05, 4.69) is 10.2 Å². The molecule has 0 bridgehead atoms. The number of fused-ring (bicyclic) bond motifs is 1. The van der Waals surface area contributed by atoms with Crippen LogP contribution in [0.3, 0.4) is 0 Å². The van der Waals surface area contributed by atoms with Crippen molar-refractivity contribution in [2.75, 3.05) is 32.7 Å². The first kappa shape index (κ1) is 19.2. The Balaban J connectivity index is 1.29. The third-order valence-corrected chi connectivity index (χ3v) is 5.40. The van der Waals surface area contributed by atoms with E-state index < -0.39 is 0 Å². The van der Waals surface area contributed by atoms with Crippen molar-refractivity contribution < 1.29 is 14.0 Å². The molecule has 4 rings (SSSR count). The number of furan rings is 1. The van der Waals surface area contributed by atoms with Gasteiger partial charge in [-0.25, -0.2) is 0 Å². The number of hydrogen-bond acceptors (Lipinski definition) is 4. The molecule has 2 aromatic carbocycles. The Labute approximate surface area is 170 Å². The predicted octanol–water partition coefficient (Wildman–Crippen LogP) is 2.82. The van der Waals surface area contributed by atoms with E-state index in [1.54, 1.807) is 0 Å². The van der Waals surface area contributed by atoms with E-state index in [0.717, 1.165) is 22.1 Å². The Morgan fingerprint density at radius 3 is 2.38 bits per heavy atom. The number of benzene rings is 2. The molecule has 0 aliphatic carbocycles. The number of piperazine rings is 1. The van der Waals surface area contributed by atoms with Gasteiger partial charge in [-0.2, -0.15) is 0 Å². The summed E-state index contributed by atoms with van der Waals surface area (Å²) in [5.74, 6) is 0.342. The number of hydrogen-bond donors (Lipinski definition) is 1. The van der Waals surface area contributed by atoms with Crippen LogP contribution < -0.4 is 5.32 Å². The Morgan fingerprint density at radius 1 is 0.966 bits per heavy atom. The summed E-state index contributed by atoms with van der Waals surface area (Å²) in [4.78, 5) is 29.0. The number of amides is 2. The minimum atomic E-state index is -0.0770. The molecule has 2 heterocycles. The quantitative estimate of drug-likeness (QED) is 0.726. The molecule has 6 heteroatoms. The van der Waals surface area contributed by atoms with Crippen molar-refractivity contribution in [2.45, 2.75) is 13.5 Å². The summed E-state index contributed by atoms with van der Waals surface area (Å²) >= 11 is 0. The second-order valence-corrected chi connectivity index (χ2v) is 7.38. The van der Waals surface area contributed by atoms with Crippen LogP contribution in [0.2, 0.25) is 0 Å². The molecule has 1 saturated heterocycles. The van der Waals surface area contributed by atoms with Crippen LogP contribution >= 0.6 is 0 Å². The van der Waals surface area contributed by atoms with Gasteiger partial charge in [0.05, 0.1) is 6.54 Å². The maximum Gasteiger partial charge on any atom is 0.289 e. The number of carbonyl (C=O) groups excluding carboxylic acids is 2. The van der Waals surface area contributed by atoms with Gasteiger partial charge < -0.3 is 14.6 Å². The normalized spacial score (nSPS) is 14.9. The van der Waals surface area contributed by atoms with Crippen molar-refractivity contribution in [1.82, 2.24) is 15.1 Å². The molecule has 0 atom stereocenters. The lowest BCUT2D eigenvalue weighted by Gasteiger charge is -2.34. The first-order chi connectivity index (χ1) is 14.1. The Hall–Kier alpha value is -3.12. The standard InChI is InChI=1S/C23H25N3O3/c1-17-19-9-5-6-10-20(19)29-22(17)23(28)26-13-11-25(12-14-26)16-21(27)24-15-18-7-3-2-4-8-18/h2-10H,11-16H2,1H3,(H,24,27). The van der Waals surface area contributed by atoms with Crippen molar-refractivity contribution in [2.24, 2.45) is 0 Å². The van der Waals surface area contributed by atoms with Crippen molar-refractivity contribution in [1.29, 1.82) is 0 Å². The summed E-state index contributed by atoms with van der Waals surface area (Å²) in [5, 5.41) is 3.93. The number of para-hydroxylation sites is 1. The van der Waals surface area contributed by atoms with Gasteiger partial charge in [-0.3, -0.25) is 14.5 Å². The second-order valence-electron chi connectivity index (χ2n) is 7.38. The molecule has 0 radical (unpaired) electrons. The highest BCUT2D eigenvalue weighted by Gasteiger charge is 2.27. The molecule has 29 heavy (non-hydrogen) atoms. The first-order valence-electron chi connectivity index (χ1n) is 9.92. The van der Waals surface area contributed by atoms with Gasteiger partial charge in [0, 0.05) is 43.7 Å². The van der Waals surface area contributed by atoms with Crippen molar-refractivity contribution >= 4 is 22.8 Å². The third kappa shape index (κ3) is 4.32. The Bertz CT molecular complexity index is 1000. The largest absolute Gasteiger partial charge is 0.451 e. The first-order valence-corrected chi connectivity index (χ1v) is 9.92. The van der Waals surface area contributed by atoms with E-state index in [1.807, 2.05) is 66.4 Å². The Kier molecular flexibility index (Phi) is 5.62. The van der Waals surface area contributed by atoms with Gasteiger partial charge in [0.2, 0.25) is 5.91 Å². The van der Waals surface area contributed by atoms with Crippen LogP contribution in [0.15, 0.2) is 59.0 Å². The fourth-order valence-electron chi connectivity index (χ4n) is 3.69. The highest BCUT2D eigenvalue weighted by atomic mass is 16.3. The zero-order valence-corrected chi connectivity index (χ0v) is 16.6. The molecule has 3 aromatic rings. The molecule has 1 aromatic heterocycles. The predicted molar refractivity (Wildman–Crippen MR) is 112 cm³/mol. The van der Waals surface area contributed by atoms with E-state index in [0.29, 0.717) is 45.0 Å². The summed E-state index contributed by atoms with van der Waals surface area (Å²) in [7, 11) is 0. The lowest BCUT2D eigenvalue weighted by atomic mass is 10.1. The molecule has 0 spiro atoms. The third-order valence-electron chi connectivity index (χ3n) is 5.40. The zero-order chi connectivity index (χ0) is 20.2. The van der Waals surface area contributed by atoms with Gasteiger partial charge in [0.25, 0.3) is 5.91 Å². The molecule has 1 aliphatic rings. The summed E-state index contributed by atoms with van der Waals surface area (Å²) < 4.78 is 5.81. The van der Waals surface area contributed by atoms with Crippen molar-refractivity contribution in [3.8, 4) is 0 Å². The zero-order valence-electron chi connectivity index (χ0n) is 16.6. The molecule has 2 amide bonds. The van der Waals surface area contributed by atoms with E-state index in [1.165, 1.54) is 0 Å². The van der Waals surface area contributed by atoms with Crippen LogP contribution in [-0.2, 0) is 11.3 Å². The average molecular weight is 391 g/mol. The minimum absolute atomic E-state index is 0.00163. The number of aryl methyl sites for hydroxylation is 1. The van der Waals surface area contributed by atoms with E-state index in [-0.39, 0.29) is 11.8 Å². The summed E-state index contributed by atoms with van der Waals surface area (Å²) in [6.07, 6.45) is 0. The van der Waals surface area contributed by atoms with Gasteiger partial charge >= 0.3 is 0 Å². The van der Waals surface area contributed by atoms with Crippen LogP contribution in [0.5, 0.6) is 0 Å². The minimum Gasteiger partial charge on any atom is -0.451 e. The topological polar surface area (TPSA) is 65.8 Å². The number of nitrogens with zero attached hydrogens (tertiary/aromatic N) is 2. The van der Waals surface area contributed by atoms with Gasteiger partial charge in [-0.15, -0.1) is 0 Å². The fraction of sp³-hybridized carbons (Fsp3) is 0.304. The lowest BCUT2D eigenvalue weighted by molar-refractivity contribution is -0.122. The summed E-state index contributed by atoms with van der Waals surface area (Å²) in [6, 6.07) is 17.6. The highest BCUT2D eigenvalue weighted by Crippen LogP contribution is 2.26. The molecular formula is C23H25N3O3. The van der Waals surface area contributed by atoms with Gasteiger partial charge in [0.15, 0.2) is 5.76 Å². The van der Waals surface area contributed by atoms with E-state index in [9.17, 15) is 9.59 Å². The Morgan fingerprint density at radius 2 is 1.66 bits per heavy atom.